The fraction of sp³-hybridized carbons (Fsp3) is 0.621. The molecule has 0 spiro atoms. The SMILES string of the molecule is CC(C)[C@H]1COCCC(=O)Nc2ccc(cc2)C[C@@H](NC(=O)N[C@@H](CCCCNC(=O)OC(C)(C)C)C(=O)O)C(=O)N1. The maximum atomic E-state index is 13.3. The first-order valence-electron chi connectivity index (χ1n) is 14.3. The second kappa shape index (κ2) is 16.5. The van der Waals surface area contributed by atoms with Crippen LogP contribution >= 0.6 is 0 Å². The molecule has 1 aromatic rings. The van der Waals surface area contributed by atoms with E-state index < -0.39 is 41.7 Å². The van der Waals surface area contributed by atoms with E-state index in [4.69, 9.17) is 9.47 Å². The summed E-state index contributed by atoms with van der Waals surface area (Å²) in [6.45, 7) is 9.76. The van der Waals surface area contributed by atoms with Gasteiger partial charge < -0.3 is 41.2 Å². The number of rotatable bonds is 9. The van der Waals surface area contributed by atoms with Gasteiger partial charge in [0.1, 0.15) is 17.7 Å². The highest BCUT2D eigenvalue weighted by Gasteiger charge is 2.27. The molecule has 2 heterocycles. The van der Waals surface area contributed by atoms with E-state index in [0.717, 1.165) is 5.56 Å². The molecule has 0 aliphatic carbocycles. The maximum Gasteiger partial charge on any atom is 0.407 e. The summed E-state index contributed by atoms with van der Waals surface area (Å²) in [4.78, 5) is 62.0. The van der Waals surface area contributed by atoms with Gasteiger partial charge in [-0.1, -0.05) is 26.0 Å². The molecule has 0 radical (unpaired) electrons. The molecule has 13 nitrogen and oxygen atoms in total. The number of hydrogen-bond donors (Lipinski definition) is 6. The molecule has 234 valence electrons. The van der Waals surface area contributed by atoms with E-state index in [1.807, 2.05) is 13.8 Å². The lowest BCUT2D eigenvalue weighted by atomic mass is 10.0. The molecule has 0 aromatic heterocycles. The van der Waals surface area contributed by atoms with Crippen molar-refractivity contribution >= 4 is 35.6 Å². The Morgan fingerprint density at radius 2 is 1.81 bits per heavy atom. The Bertz CT molecular complexity index is 1070. The van der Waals surface area contributed by atoms with Crippen LogP contribution in [-0.4, -0.2) is 78.5 Å². The van der Waals surface area contributed by atoms with Gasteiger partial charge in [0.05, 0.1) is 25.7 Å². The third kappa shape index (κ3) is 13.2. The van der Waals surface area contributed by atoms with Gasteiger partial charge in [-0.2, -0.15) is 0 Å². The fourth-order valence-electron chi connectivity index (χ4n) is 4.05. The van der Waals surface area contributed by atoms with E-state index in [2.05, 4.69) is 26.6 Å². The molecule has 2 aliphatic rings. The Labute approximate surface area is 246 Å². The van der Waals surface area contributed by atoms with Crippen LogP contribution in [0.15, 0.2) is 24.3 Å². The second-order valence-corrected chi connectivity index (χ2v) is 11.6. The fourth-order valence-corrected chi connectivity index (χ4v) is 4.05. The highest BCUT2D eigenvalue weighted by Crippen LogP contribution is 2.14. The Balaban J connectivity index is 2.03. The van der Waals surface area contributed by atoms with Crippen LogP contribution in [0.3, 0.4) is 0 Å². The minimum Gasteiger partial charge on any atom is -0.480 e. The van der Waals surface area contributed by atoms with Crippen LogP contribution in [0.4, 0.5) is 15.3 Å². The van der Waals surface area contributed by atoms with Gasteiger partial charge in [0, 0.05) is 18.7 Å². The Morgan fingerprint density at radius 1 is 1.12 bits per heavy atom. The van der Waals surface area contributed by atoms with E-state index in [9.17, 15) is 29.1 Å². The van der Waals surface area contributed by atoms with Crippen LogP contribution in [0.25, 0.3) is 0 Å². The van der Waals surface area contributed by atoms with Crippen LogP contribution < -0.4 is 26.6 Å². The molecule has 2 aliphatic heterocycles. The number of carboxylic acid groups (broad SMARTS) is 1. The highest BCUT2D eigenvalue weighted by molar-refractivity contribution is 5.91. The lowest BCUT2D eigenvalue weighted by Gasteiger charge is -2.26. The van der Waals surface area contributed by atoms with Gasteiger partial charge in [-0.15, -0.1) is 0 Å². The van der Waals surface area contributed by atoms with Gasteiger partial charge in [-0.05, 0) is 63.6 Å². The van der Waals surface area contributed by atoms with Crippen molar-refractivity contribution in [2.24, 2.45) is 5.92 Å². The molecular weight excluding hydrogens is 546 g/mol. The molecule has 1 aromatic carbocycles. The zero-order chi connectivity index (χ0) is 31.3. The maximum absolute atomic E-state index is 13.3. The molecule has 0 saturated heterocycles. The number of alkyl carbamates (subject to hydrolysis) is 1. The summed E-state index contributed by atoms with van der Waals surface area (Å²) in [7, 11) is 0. The van der Waals surface area contributed by atoms with Gasteiger partial charge >= 0.3 is 18.1 Å². The average Bonchev–Trinajstić information content (AvgIpc) is 2.89. The van der Waals surface area contributed by atoms with Crippen LogP contribution in [0, 0.1) is 5.92 Å². The number of aliphatic carboxylic acids is 1. The minimum atomic E-state index is -1.22. The molecule has 2 bridgehead atoms. The van der Waals surface area contributed by atoms with Crippen molar-refractivity contribution in [3.05, 3.63) is 29.8 Å². The number of anilines is 1. The minimum absolute atomic E-state index is 0.00740. The summed E-state index contributed by atoms with van der Waals surface area (Å²) in [5.74, 6) is -1.84. The number of carboxylic acids is 1. The summed E-state index contributed by atoms with van der Waals surface area (Å²) >= 11 is 0. The van der Waals surface area contributed by atoms with Crippen molar-refractivity contribution in [2.45, 2.75) is 90.4 Å². The normalized spacial score (nSPS) is 19.0. The summed E-state index contributed by atoms with van der Waals surface area (Å²) < 4.78 is 10.8. The highest BCUT2D eigenvalue weighted by atomic mass is 16.6. The number of fused-ring (bicyclic) bond motifs is 12. The van der Waals surface area contributed by atoms with Crippen molar-refractivity contribution < 1.29 is 38.6 Å². The molecule has 3 rings (SSSR count). The smallest absolute Gasteiger partial charge is 0.407 e. The predicted molar refractivity (Wildman–Crippen MR) is 156 cm³/mol. The first-order chi connectivity index (χ1) is 19.7. The molecule has 42 heavy (non-hydrogen) atoms. The number of ether oxygens (including phenoxy) is 2. The number of amides is 5. The van der Waals surface area contributed by atoms with Gasteiger partial charge in [0.15, 0.2) is 0 Å². The number of unbranched alkanes of at least 4 members (excludes halogenated alkanes) is 1. The van der Waals surface area contributed by atoms with Gasteiger partial charge in [-0.25, -0.2) is 14.4 Å². The molecule has 0 saturated carbocycles. The average molecular weight is 592 g/mol. The first kappa shape index (κ1) is 34.3. The van der Waals surface area contributed by atoms with Crippen LogP contribution in [0.2, 0.25) is 0 Å². The summed E-state index contributed by atoms with van der Waals surface area (Å²) in [6.07, 6.45) is 0.749. The standard InChI is InChI=1S/C29H45N5O8/c1-18(2)23-17-41-15-13-24(35)31-20-11-9-19(10-12-20)16-22(25(36)32-23)34-27(39)33-21(26(37)38)8-6-7-14-30-28(40)42-29(3,4)5/h9-12,18,21-23H,6-8,13-17H2,1-5H3,(H,30,40)(H,31,35)(H,32,36)(H,37,38)(H2,33,34,39)/t21-,22+,23+/m0/s1. The van der Waals surface area contributed by atoms with Crippen molar-refractivity contribution in [2.75, 3.05) is 25.1 Å². The van der Waals surface area contributed by atoms with E-state index in [0.29, 0.717) is 25.1 Å². The quantitative estimate of drug-likeness (QED) is 0.237. The first-order valence-corrected chi connectivity index (χ1v) is 14.3. The Hall–Kier alpha value is -3.87. The molecule has 0 unspecified atom stereocenters. The molecule has 5 amide bonds. The van der Waals surface area contributed by atoms with E-state index in [1.54, 1.807) is 45.0 Å². The van der Waals surface area contributed by atoms with E-state index in [-0.39, 0.29) is 50.3 Å². The molecule has 0 fully saturated rings. The molecule has 3 atom stereocenters. The topological polar surface area (TPSA) is 184 Å². The zero-order valence-corrected chi connectivity index (χ0v) is 25.1. The summed E-state index contributed by atoms with van der Waals surface area (Å²) in [6, 6.07) is 3.53. The number of urea groups is 1. The van der Waals surface area contributed by atoms with E-state index >= 15 is 0 Å². The lowest BCUT2D eigenvalue weighted by molar-refractivity contribution is -0.139. The number of benzene rings is 1. The second-order valence-electron chi connectivity index (χ2n) is 11.6. The van der Waals surface area contributed by atoms with Crippen molar-refractivity contribution in [1.82, 2.24) is 21.3 Å². The third-order valence-corrected chi connectivity index (χ3v) is 6.39. The van der Waals surface area contributed by atoms with Crippen molar-refractivity contribution in [3.63, 3.8) is 0 Å². The predicted octanol–water partition coefficient (Wildman–Crippen LogP) is 2.54. The largest absolute Gasteiger partial charge is 0.480 e. The Morgan fingerprint density at radius 3 is 2.43 bits per heavy atom. The number of hydrogen-bond acceptors (Lipinski definition) is 7. The van der Waals surface area contributed by atoms with Gasteiger partial charge in [0.2, 0.25) is 11.8 Å². The number of nitrogens with one attached hydrogen (secondary N) is 5. The monoisotopic (exact) mass is 591 g/mol. The van der Waals surface area contributed by atoms with Crippen molar-refractivity contribution in [3.8, 4) is 0 Å². The molecular formula is C29H45N5O8. The lowest BCUT2D eigenvalue weighted by Crippen LogP contribution is -2.56. The zero-order valence-electron chi connectivity index (χ0n) is 25.1. The van der Waals surface area contributed by atoms with Crippen LogP contribution in [-0.2, 0) is 30.3 Å². The third-order valence-electron chi connectivity index (χ3n) is 6.39. The molecule has 13 heteroatoms. The number of carbonyl (C=O) groups excluding carboxylic acids is 4. The summed E-state index contributed by atoms with van der Waals surface area (Å²) in [5, 5.41) is 23.1. The van der Waals surface area contributed by atoms with Crippen LogP contribution in [0.1, 0.15) is 65.9 Å². The van der Waals surface area contributed by atoms with Crippen LogP contribution in [0.5, 0.6) is 0 Å². The summed E-state index contributed by atoms with van der Waals surface area (Å²) in [5.41, 5.74) is 0.701. The van der Waals surface area contributed by atoms with Gasteiger partial charge in [-0.3, -0.25) is 9.59 Å². The van der Waals surface area contributed by atoms with E-state index in [1.165, 1.54) is 0 Å². The number of carbonyl (C=O) groups is 5. The van der Waals surface area contributed by atoms with Gasteiger partial charge in [0.25, 0.3) is 0 Å². The van der Waals surface area contributed by atoms with Crippen molar-refractivity contribution in [1.29, 1.82) is 0 Å². The Kier molecular flexibility index (Phi) is 13.5. The molecule has 6 N–H and O–H groups in total.